The normalized spacial score (nSPS) is 13.0. The number of nitrogens with zero attached hydrogens (tertiary/aromatic N) is 5. The maximum Gasteiger partial charge on any atom is 0.255 e. The molecule has 160 valence electrons. The smallest absolute Gasteiger partial charge is 0.255 e. The van der Waals surface area contributed by atoms with E-state index in [1.54, 1.807) is 16.8 Å². The van der Waals surface area contributed by atoms with Crippen molar-refractivity contribution >= 4 is 23.4 Å². The van der Waals surface area contributed by atoms with Crippen LogP contribution in [0.2, 0.25) is 0 Å². The van der Waals surface area contributed by atoms with Crippen molar-refractivity contribution in [2.24, 2.45) is 0 Å². The average molecular weight is 425 g/mol. The highest BCUT2D eigenvalue weighted by Gasteiger charge is 2.23. The SMILES string of the molecule is CCc1ccccc1Nc1nccc(N2CCCn3c2nc(-c2ccccc2)cc3=O)n1. The van der Waals surface area contributed by atoms with Gasteiger partial charge in [0.2, 0.25) is 11.9 Å². The first-order valence-electron chi connectivity index (χ1n) is 10.9. The Balaban J connectivity index is 1.53. The molecule has 2 aromatic heterocycles. The van der Waals surface area contributed by atoms with Gasteiger partial charge in [-0.15, -0.1) is 0 Å². The van der Waals surface area contributed by atoms with E-state index >= 15 is 0 Å². The molecule has 1 aliphatic rings. The maximum absolute atomic E-state index is 12.9. The molecular weight excluding hydrogens is 400 g/mol. The number of aromatic nitrogens is 4. The van der Waals surface area contributed by atoms with Crippen molar-refractivity contribution in [3.63, 3.8) is 0 Å². The molecule has 0 unspecified atom stereocenters. The molecule has 0 bridgehead atoms. The molecule has 0 saturated carbocycles. The average Bonchev–Trinajstić information content (AvgIpc) is 2.85. The molecule has 2 aromatic carbocycles. The number of hydrogen-bond donors (Lipinski definition) is 1. The first-order valence-corrected chi connectivity index (χ1v) is 10.9. The summed E-state index contributed by atoms with van der Waals surface area (Å²) in [5.74, 6) is 1.84. The van der Waals surface area contributed by atoms with Gasteiger partial charge in [0.25, 0.3) is 5.56 Å². The Bertz CT molecular complexity index is 1300. The molecule has 4 aromatic rings. The fraction of sp³-hybridized carbons (Fsp3) is 0.200. The predicted octanol–water partition coefficient (Wildman–Crippen LogP) is 4.55. The molecule has 0 atom stereocenters. The van der Waals surface area contributed by atoms with E-state index in [0.717, 1.165) is 30.6 Å². The Labute approximate surface area is 186 Å². The van der Waals surface area contributed by atoms with E-state index in [4.69, 9.17) is 9.97 Å². The topological polar surface area (TPSA) is 75.9 Å². The van der Waals surface area contributed by atoms with Gasteiger partial charge in [-0.05, 0) is 30.5 Å². The van der Waals surface area contributed by atoms with Crippen LogP contribution in [0, 0.1) is 0 Å². The molecular formula is C25H24N6O. The molecule has 0 amide bonds. The van der Waals surface area contributed by atoms with Crippen molar-refractivity contribution in [3.8, 4) is 11.3 Å². The summed E-state index contributed by atoms with van der Waals surface area (Å²) in [5, 5.41) is 3.34. The summed E-state index contributed by atoms with van der Waals surface area (Å²) in [4.78, 5) is 28.9. The van der Waals surface area contributed by atoms with Crippen LogP contribution in [-0.4, -0.2) is 26.1 Å². The minimum atomic E-state index is -0.0529. The Morgan fingerprint density at radius 1 is 0.969 bits per heavy atom. The second-order valence-electron chi connectivity index (χ2n) is 7.68. The van der Waals surface area contributed by atoms with Crippen LogP contribution < -0.4 is 15.8 Å². The number of fused-ring (bicyclic) bond motifs is 1. The molecule has 0 radical (unpaired) electrons. The first-order chi connectivity index (χ1) is 15.7. The third-order valence-corrected chi connectivity index (χ3v) is 5.62. The van der Waals surface area contributed by atoms with Gasteiger partial charge in [-0.2, -0.15) is 4.98 Å². The third-order valence-electron chi connectivity index (χ3n) is 5.62. The van der Waals surface area contributed by atoms with Crippen molar-refractivity contribution in [2.45, 2.75) is 26.3 Å². The highest BCUT2D eigenvalue weighted by Crippen LogP contribution is 2.28. The molecule has 7 nitrogen and oxygen atoms in total. The van der Waals surface area contributed by atoms with Gasteiger partial charge >= 0.3 is 0 Å². The summed E-state index contributed by atoms with van der Waals surface area (Å²) >= 11 is 0. The largest absolute Gasteiger partial charge is 0.324 e. The second-order valence-corrected chi connectivity index (χ2v) is 7.68. The van der Waals surface area contributed by atoms with Crippen molar-refractivity contribution in [1.29, 1.82) is 0 Å². The van der Waals surface area contributed by atoms with Crippen molar-refractivity contribution < 1.29 is 0 Å². The lowest BCUT2D eigenvalue weighted by atomic mass is 10.1. The van der Waals surface area contributed by atoms with E-state index in [1.165, 1.54) is 5.56 Å². The summed E-state index contributed by atoms with van der Waals surface area (Å²) in [5.41, 5.74) is 3.72. The van der Waals surface area contributed by atoms with E-state index in [2.05, 4.69) is 23.3 Å². The lowest BCUT2D eigenvalue weighted by molar-refractivity contribution is 0.561. The minimum absolute atomic E-state index is 0.0529. The molecule has 32 heavy (non-hydrogen) atoms. The molecule has 5 rings (SSSR count). The molecule has 0 fully saturated rings. The fourth-order valence-electron chi connectivity index (χ4n) is 4.00. The monoisotopic (exact) mass is 424 g/mol. The van der Waals surface area contributed by atoms with E-state index in [9.17, 15) is 4.79 Å². The zero-order valence-electron chi connectivity index (χ0n) is 17.9. The van der Waals surface area contributed by atoms with Gasteiger partial charge in [0.1, 0.15) is 5.82 Å². The Kier molecular flexibility index (Phi) is 5.37. The fourth-order valence-corrected chi connectivity index (χ4v) is 4.00. The van der Waals surface area contributed by atoms with Crippen LogP contribution in [0.5, 0.6) is 0 Å². The van der Waals surface area contributed by atoms with E-state index < -0.39 is 0 Å². The van der Waals surface area contributed by atoms with Crippen molar-refractivity contribution in [3.05, 3.63) is 88.8 Å². The van der Waals surface area contributed by atoms with Gasteiger partial charge in [-0.25, -0.2) is 9.97 Å². The van der Waals surface area contributed by atoms with Crippen LogP contribution in [0.15, 0.2) is 77.7 Å². The molecule has 1 N–H and O–H groups in total. The quantitative estimate of drug-likeness (QED) is 0.507. The van der Waals surface area contributed by atoms with Crippen LogP contribution in [-0.2, 0) is 13.0 Å². The highest BCUT2D eigenvalue weighted by atomic mass is 16.1. The van der Waals surface area contributed by atoms with Gasteiger partial charge in [-0.1, -0.05) is 55.5 Å². The number of rotatable bonds is 5. The number of anilines is 4. The Hall–Kier alpha value is -4.00. The minimum Gasteiger partial charge on any atom is -0.324 e. The van der Waals surface area contributed by atoms with E-state index in [-0.39, 0.29) is 5.56 Å². The summed E-state index contributed by atoms with van der Waals surface area (Å²) in [7, 11) is 0. The lowest BCUT2D eigenvalue weighted by Crippen LogP contribution is -2.36. The number of nitrogens with one attached hydrogen (secondary N) is 1. The molecule has 1 aliphatic heterocycles. The molecule has 0 saturated heterocycles. The van der Waals surface area contributed by atoms with Gasteiger partial charge < -0.3 is 5.32 Å². The number of hydrogen-bond acceptors (Lipinski definition) is 6. The van der Waals surface area contributed by atoms with Gasteiger partial charge in [0.05, 0.1) is 5.69 Å². The van der Waals surface area contributed by atoms with Crippen LogP contribution in [0.4, 0.5) is 23.4 Å². The third kappa shape index (κ3) is 3.85. The first kappa shape index (κ1) is 19.9. The zero-order chi connectivity index (χ0) is 21.9. The summed E-state index contributed by atoms with van der Waals surface area (Å²) in [6.07, 6.45) is 3.49. The number of para-hydroxylation sites is 1. The summed E-state index contributed by atoms with van der Waals surface area (Å²) in [6.45, 7) is 3.50. The number of benzene rings is 2. The summed E-state index contributed by atoms with van der Waals surface area (Å²) < 4.78 is 1.72. The van der Waals surface area contributed by atoms with Crippen molar-refractivity contribution in [1.82, 2.24) is 19.5 Å². The summed E-state index contributed by atoms with van der Waals surface area (Å²) in [6, 6.07) is 21.4. The van der Waals surface area contributed by atoms with Gasteiger partial charge in [0.15, 0.2) is 0 Å². The van der Waals surface area contributed by atoms with Crippen LogP contribution >= 0.6 is 0 Å². The number of aryl methyl sites for hydroxylation is 1. The molecule has 0 spiro atoms. The van der Waals surface area contributed by atoms with Crippen LogP contribution in [0.3, 0.4) is 0 Å². The van der Waals surface area contributed by atoms with Crippen LogP contribution in [0.25, 0.3) is 11.3 Å². The lowest BCUT2D eigenvalue weighted by Gasteiger charge is -2.30. The van der Waals surface area contributed by atoms with Gasteiger partial charge in [-0.3, -0.25) is 14.3 Å². The Morgan fingerprint density at radius 2 is 1.78 bits per heavy atom. The molecule has 7 heteroatoms. The van der Waals surface area contributed by atoms with Crippen molar-refractivity contribution in [2.75, 3.05) is 16.8 Å². The standard InChI is InChI=1S/C25H24N6O/c1-2-18-9-6-7-12-20(18)27-24-26-14-13-22(29-24)30-15-8-16-31-23(32)17-21(28-25(30)31)19-10-4-3-5-11-19/h3-7,9-14,17H,2,8,15-16H2,1H3,(H,26,27,29). The maximum atomic E-state index is 12.9. The molecule has 3 heterocycles. The Morgan fingerprint density at radius 3 is 2.62 bits per heavy atom. The second kappa shape index (κ2) is 8.63. The van der Waals surface area contributed by atoms with E-state index in [0.29, 0.717) is 30.0 Å². The molecule has 0 aliphatic carbocycles. The predicted molar refractivity (Wildman–Crippen MR) is 127 cm³/mol. The van der Waals surface area contributed by atoms with Gasteiger partial charge in [0, 0.05) is 36.6 Å². The zero-order valence-corrected chi connectivity index (χ0v) is 17.9. The highest BCUT2D eigenvalue weighted by molar-refractivity contribution is 5.64. The van der Waals surface area contributed by atoms with E-state index in [1.807, 2.05) is 59.5 Å². The van der Waals surface area contributed by atoms with Crippen LogP contribution in [0.1, 0.15) is 18.9 Å².